The van der Waals surface area contributed by atoms with Crippen molar-refractivity contribution in [3.63, 3.8) is 0 Å². The van der Waals surface area contributed by atoms with Gasteiger partial charge in [-0.15, -0.1) is 0 Å². The first-order chi connectivity index (χ1) is 7.70. The number of halogens is 1. The molecule has 0 aliphatic rings. The van der Waals surface area contributed by atoms with Crippen LogP contribution in [-0.2, 0) is 0 Å². The molecule has 1 aromatic carbocycles. The van der Waals surface area contributed by atoms with E-state index in [9.17, 15) is 5.11 Å². The van der Waals surface area contributed by atoms with Gasteiger partial charge in [0.15, 0.2) is 0 Å². The number of rotatable bonds is 3. The van der Waals surface area contributed by atoms with E-state index in [0.717, 1.165) is 11.3 Å². The maximum atomic E-state index is 9.62. The minimum atomic E-state index is -0.527. The van der Waals surface area contributed by atoms with Crippen LogP contribution in [-0.4, -0.2) is 5.11 Å². The fourth-order valence-corrected chi connectivity index (χ4v) is 1.63. The molecule has 1 N–H and O–H groups in total. The lowest BCUT2D eigenvalue weighted by Gasteiger charge is -2.02. The largest absolute Gasteiger partial charge is 0.458 e. The van der Waals surface area contributed by atoms with E-state index in [1.54, 1.807) is 6.07 Å². The fraction of sp³-hybridized carbons (Fsp3) is 0.231. The molecule has 1 heterocycles. The van der Waals surface area contributed by atoms with E-state index in [2.05, 4.69) is 0 Å². The van der Waals surface area contributed by atoms with E-state index in [1.807, 2.05) is 37.3 Å². The summed E-state index contributed by atoms with van der Waals surface area (Å²) in [7, 11) is 0. The third-order valence-electron chi connectivity index (χ3n) is 2.47. The lowest BCUT2D eigenvalue weighted by atomic mass is 10.2. The second-order valence-electron chi connectivity index (χ2n) is 3.63. The van der Waals surface area contributed by atoms with E-state index in [1.165, 1.54) is 0 Å². The standard InChI is InChI=1S/C13H13ClO2/c1-2-11(15)13-8-7-12(16-13)9-3-5-10(14)6-4-9/h3-8,11,15H,2H2,1H3/t11-/m1/s1. The van der Waals surface area contributed by atoms with Crippen molar-refractivity contribution in [1.29, 1.82) is 0 Å². The highest BCUT2D eigenvalue weighted by Gasteiger charge is 2.10. The lowest BCUT2D eigenvalue weighted by Crippen LogP contribution is -1.91. The van der Waals surface area contributed by atoms with Crippen LogP contribution in [0.5, 0.6) is 0 Å². The summed E-state index contributed by atoms with van der Waals surface area (Å²) in [6, 6.07) is 11.1. The number of hydrogen-bond acceptors (Lipinski definition) is 2. The number of benzene rings is 1. The zero-order valence-electron chi connectivity index (χ0n) is 8.98. The molecule has 0 spiro atoms. The van der Waals surface area contributed by atoms with Crippen LogP contribution in [0.25, 0.3) is 11.3 Å². The van der Waals surface area contributed by atoms with Crippen molar-refractivity contribution in [1.82, 2.24) is 0 Å². The van der Waals surface area contributed by atoms with Gasteiger partial charge in [-0.1, -0.05) is 18.5 Å². The van der Waals surface area contributed by atoms with E-state index >= 15 is 0 Å². The maximum Gasteiger partial charge on any atom is 0.134 e. The average molecular weight is 237 g/mol. The van der Waals surface area contributed by atoms with Gasteiger partial charge in [0.1, 0.15) is 17.6 Å². The van der Waals surface area contributed by atoms with E-state index in [-0.39, 0.29) is 0 Å². The van der Waals surface area contributed by atoms with Crippen LogP contribution >= 0.6 is 11.6 Å². The van der Waals surface area contributed by atoms with Crippen molar-refractivity contribution >= 4 is 11.6 Å². The van der Waals surface area contributed by atoms with Crippen molar-refractivity contribution in [3.8, 4) is 11.3 Å². The van der Waals surface area contributed by atoms with E-state index in [0.29, 0.717) is 17.2 Å². The molecule has 3 heteroatoms. The summed E-state index contributed by atoms with van der Waals surface area (Å²) in [6.07, 6.45) is 0.120. The van der Waals surface area contributed by atoms with Gasteiger partial charge in [-0.25, -0.2) is 0 Å². The third-order valence-corrected chi connectivity index (χ3v) is 2.72. The topological polar surface area (TPSA) is 33.4 Å². The molecule has 0 radical (unpaired) electrons. The minimum absolute atomic E-state index is 0.527. The maximum absolute atomic E-state index is 9.62. The molecule has 84 valence electrons. The molecule has 16 heavy (non-hydrogen) atoms. The van der Waals surface area contributed by atoms with Crippen molar-refractivity contribution in [2.24, 2.45) is 0 Å². The van der Waals surface area contributed by atoms with Crippen molar-refractivity contribution < 1.29 is 9.52 Å². The molecule has 1 atom stereocenters. The predicted molar refractivity (Wildman–Crippen MR) is 64.4 cm³/mol. The Kier molecular flexibility index (Phi) is 3.32. The summed E-state index contributed by atoms with van der Waals surface area (Å²) in [5.41, 5.74) is 0.957. The van der Waals surface area contributed by atoms with Crippen LogP contribution < -0.4 is 0 Å². The monoisotopic (exact) mass is 236 g/mol. The number of furan rings is 1. The first-order valence-corrected chi connectivity index (χ1v) is 5.62. The lowest BCUT2D eigenvalue weighted by molar-refractivity contribution is 0.147. The van der Waals surface area contributed by atoms with Crippen molar-refractivity contribution in [3.05, 3.63) is 47.2 Å². The predicted octanol–water partition coefficient (Wildman–Crippen LogP) is 4.04. The van der Waals surface area contributed by atoms with Gasteiger partial charge in [-0.3, -0.25) is 0 Å². The summed E-state index contributed by atoms with van der Waals surface area (Å²) in [5, 5.41) is 10.3. The molecule has 0 aliphatic heterocycles. The molecule has 0 saturated carbocycles. The van der Waals surface area contributed by atoms with Gasteiger partial charge in [-0.2, -0.15) is 0 Å². The Bertz CT molecular complexity index is 459. The Morgan fingerprint density at radius 1 is 1.19 bits per heavy atom. The zero-order valence-corrected chi connectivity index (χ0v) is 9.74. The first kappa shape index (κ1) is 11.2. The third kappa shape index (κ3) is 2.29. The summed E-state index contributed by atoms with van der Waals surface area (Å²) >= 11 is 5.81. The van der Waals surface area contributed by atoms with Crippen LogP contribution in [0.2, 0.25) is 5.02 Å². The smallest absolute Gasteiger partial charge is 0.134 e. The van der Waals surface area contributed by atoms with Crippen molar-refractivity contribution in [2.45, 2.75) is 19.4 Å². The summed E-state index contributed by atoms with van der Waals surface area (Å²) in [4.78, 5) is 0. The minimum Gasteiger partial charge on any atom is -0.458 e. The van der Waals surface area contributed by atoms with Crippen LogP contribution in [0.3, 0.4) is 0 Å². The van der Waals surface area contributed by atoms with Gasteiger partial charge in [-0.05, 0) is 42.8 Å². The molecule has 0 saturated heterocycles. The van der Waals surface area contributed by atoms with Crippen LogP contribution in [0, 0.1) is 0 Å². The van der Waals surface area contributed by atoms with Crippen LogP contribution in [0.1, 0.15) is 25.2 Å². The van der Waals surface area contributed by atoms with Gasteiger partial charge in [0, 0.05) is 10.6 Å². The molecule has 2 rings (SSSR count). The molecule has 0 fully saturated rings. The van der Waals surface area contributed by atoms with Crippen molar-refractivity contribution in [2.75, 3.05) is 0 Å². The highest BCUT2D eigenvalue weighted by molar-refractivity contribution is 6.30. The summed E-state index contributed by atoms with van der Waals surface area (Å²) in [5.74, 6) is 1.35. The molecular formula is C13H13ClO2. The fourth-order valence-electron chi connectivity index (χ4n) is 1.50. The molecule has 1 aromatic heterocycles. The van der Waals surface area contributed by atoms with Gasteiger partial charge in [0.05, 0.1) is 0 Å². The van der Waals surface area contributed by atoms with E-state index < -0.39 is 6.10 Å². The summed E-state index contributed by atoms with van der Waals surface area (Å²) in [6.45, 7) is 1.91. The molecule has 0 unspecified atom stereocenters. The molecular weight excluding hydrogens is 224 g/mol. The second-order valence-corrected chi connectivity index (χ2v) is 4.07. The first-order valence-electron chi connectivity index (χ1n) is 5.24. The highest BCUT2D eigenvalue weighted by Crippen LogP contribution is 2.27. The Morgan fingerprint density at radius 3 is 2.50 bits per heavy atom. The molecule has 2 aromatic rings. The zero-order chi connectivity index (χ0) is 11.5. The number of aliphatic hydroxyl groups is 1. The van der Waals surface area contributed by atoms with Crippen LogP contribution in [0.4, 0.5) is 0 Å². The SMILES string of the molecule is CC[C@@H](O)c1ccc(-c2ccc(Cl)cc2)o1. The Morgan fingerprint density at radius 2 is 1.88 bits per heavy atom. The number of aliphatic hydroxyl groups excluding tert-OH is 1. The second kappa shape index (κ2) is 4.73. The average Bonchev–Trinajstić information content (AvgIpc) is 2.78. The highest BCUT2D eigenvalue weighted by atomic mass is 35.5. The number of hydrogen-bond donors (Lipinski definition) is 1. The summed E-state index contributed by atoms with van der Waals surface area (Å²) < 4.78 is 5.57. The molecule has 0 bridgehead atoms. The Hall–Kier alpha value is -1.25. The van der Waals surface area contributed by atoms with E-state index in [4.69, 9.17) is 16.0 Å². The molecule has 0 amide bonds. The Labute approximate surface area is 99.5 Å². The molecule has 0 aliphatic carbocycles. The Balaban J connectivity index is 2.28. The van der Waals surface area contributed by atoms with Gasteiger partial charge in [0.2, 0.25) is 0 Å². The quantitative estimate of drug-likeness (QED) is 0.873. The van der Waals surface area contributed by atoms with Crippen LogP contribution in [0.15, 0.2) is 40.8 Å². The van der Waals surface area contributed by atoms with Gasteiger partial charge >= 0.3 is 0 Å². The molecule has 2 nitrogen and oxygen atoms in total. The normalized spacial score (nSPS) is 12.7. The van der Waals surface area contributed by atoms with Gasteiger partial charge in [0.25, 0.3) is 0 Å². The van der Waals surface area contributed by atoms with Gasteiger partial charge < -0.3 is 9.52 Å².